The number of furan rings is 1. The molecule has 2 aromatic rings. The molecule has 0 fully saturated rings. The predicted molar refractivity (Wildman–Crippen MR) is 74.0 cm³/mol. The molecular formula is C14H9N3O4. The van der Waals surface area contributed by atoms with Gasteiger partial charge in [0, 0.05) is 23.9 Å². The summed E-state index contributed by atoms with van der Waals surface area (Å²) in [5.41, 5.74) is -0.0902. The van der Waals surface area contributed by atoms with E-state index in [2.05, 4.69) is 5.32 Å². The highest BCUT2D eigenvalue weighted by molar-refractivity contribution is 6.09. The van der Waals surface area contributed by atoms with Crippen LogP contribution in [0.4, 0.5) is 11.4 Å². The van der Waals surface area contributed by atoms with Gasteiger partial charge in [-0.15, -0.1) is 0 Å². The summed E-state index contributed by atoms with van der Waals surface area (Å²) in [5.74, 6) is -0.310. The molecule has 0 saturated heterocycles. The number of hydrogen-bond acceptors (Lipinski definition) is 5. The topological polar surface area (TPSA) is 109 Å². The summed E-state index contributed by atoms with van der Waals surface area (Å²) in [6, 6.07) is 10.4. The molecule has 1 heterocycles. The maximum absolute atomic E-state index is 11.9. The number of amides is 1. The molecule has 0 radical (unpaired) electrons. The Morgan fingerprint density at radius 2 is 2.19 bits per heavy atom. The zero-order valence-electron chi connectivity index (χ0n) is 10.6. The summed E-state index contributed by atoms with van der Waals surface area (Å²) in [6.45, 7) is 0. The molecule has 1 aromatic carbocycles. The maximum Gasteiger partial charge on any atom is 0.271 e. The van der Waals surface area contributed by atoms with Gasteiger partial charge in [0.1, 0.15) is 17.4 Å². The molecular weight excluding hydrogens is 274 g/mol. The van der Waals surface area contributed by atoms with Gasteiger partial charge < -0.3 is 9.73 Å². The number of nitro groups is 1. The Labute approximate surface area is 119 Å². The van der Waals surface area contributed by atoms with Gasteiger partial charge in [-0.3, -0.25) is 14.9 Å². The smallest absolute Gasteiger partial charge is 0.271 e. The SMILES string of the molecule is N#C/C(=C\c1ccco1)C(=O)Nc1cccc([N+](=O)[O-])c1. The van der Waals surface area contributed by atoms with Crippen LogP contribution in [0.25, 0.3) is 6.08 Å². The lowest BCUT2D eigenvalue weighted by Gasteiger charge is -2.03. The van der Waals surface area contributed by atoms with Crippen molar-refractivity contribution < 1.29 is 14.1 Å². The predicted octanol–water partition coefficient (Wildman–Crippen LogP) is 2.73. The molecule has 1 amide bonds. The van der Waals surface area contributed by atoms with Crippen molar-refractivity contribution in [1.29, 1.82) is 5.26 Å². The molecule has 0 saturated carbocycles. The monoisotopic (exact) mass is 283 g/mol. The van der Waals surface area contributed by atoms with Crippen LogP contribution in [0.1, 0.15) is 5.76 Å². The molecule has 1 aromatic heterocycles. The Morgan fingerprint density at radius 3 is 2.81 bits per heavy atom. The largest absolute Gasteiger partial charge is 0.465 e. The molecule has 0 aliphatic heterocycles. The van der Waals surface area contributed by atoms with Crippen LogP contribution in [0.5, 0.6) is 0 Å². The fourth-order valence-electron chi connectivity index (χ4n) is 1.56. The van der Waals surface area contributed by atoms with Crippen molar-refractivity contribution in [2.45, 2.75) is 0 Å². The third kappa shape index (κ3) is 3.54. The highest BCUT2D eigenvalue weighted by Crippen LogP contribution is 2.18. The zero-order valence-corrected chi connectivity index (χ0v) is 10.6. The van der Waals surface area contributed by atoms with Gasteiger partial charge in [-0.25, -0.2) is 0 Å². The van der Waals surface area contributed by atoms with Gasteiger partial charge in [0.2, 0.25) is 0 Å². The Kier molecular flexibility index (Phi) is 4.11. The fourth-order valence-corrected chi connectivity index (χ4v) is 1.56. The van der Waals surface area contributed by atoms with Gasteiger partial charge in [0.15, 0.2) is 0 Å². The molecule has 0 unspecified atom stereocenters. The second kappa shape index (κ2) is 6.16. The molecule has 104 valence electrons. The maximum atomic E-state index is 11.9. The van der Waals surface area contributed by atoms with E-state index in [9.17, 15) is 14.9 Å². The minimum atomic E-state index is -0.672. The molecule has 1 N–H and O–H groups in total. The number of rotatable bonds is 4. The first-order chi connectivity index (χ1) is 10.1. The van der Waals surface area contributed by atoms with Crippen LogP contribution >= 0.6 is 0 Å². The lowest BCUT2D eigenvalue weighted by atomic mass is 10.2. The number of nitrogens with one attached hydrogen (secondary N) is 1. The van der Waals surface area contributed by atoms with Crippen LogP contribution in [-0.4, -0.2) is 10.8 Å². The quantitative estimate of drug-likeness (QED) is 0.401. The van der Waals surface area contributed by atoms with Crippen LogP contribution in [0.2, 0.25) is 0 Å². The van der Waals surface area contributed by atoms with Gasteiger partial charge in [0.05, 0.1) is 11.2 Å². The number of benzene rings is 1. The third-order valence-corrected chi connectivity index (χ3v) is 2.51. The van der Waals surface area contributed by atoms with Gasteiger partial charge in [-0.2, -0.15) is 5.26 Å². The van der Waals surface area contributed by atoms with Crippen molar-refractivity contribution in [1.82, 2.24) is 0 Å². The molecule has 21 heavy (non-hydrogen) atoms. The minimum Gasteiger partial charge on any atom is -0.465 e. The average Bonchev–Trinajstić information content (AvgIpc) is 2.97. The van der Waals surface area contributed by atoms with Crippen molar-refractivity contribution in [3.8, 4) is 6.07 Å². The van der Waals surface area contributed by atoms with Crippen molar-refractivity contribution in [2.24, 2.45) is 0 Å². The summed E-state index contributed by atoms with van der Waals surface area (Å²) < 4.78 is 5.02. The first-order valence-corrected chi connectivity index (χ1v) is 5.81. The van der Waals surface area contributed by atoms with E-state index < -0.39 is 10.8 Å². The summed E-state index contributed by atoms with van der Waals surface area (Å²) in [6.07, 6.45) is 2.70. The van der Waals surface area contributed by atoms with E-state index in [4.69, 9.17) is 9.68 Å². The van der Waals surface area contributed by atoms with E-state index in [1.165, 1.54) is 36.6 Å². The number of non-ortho nitro benzene ring substituents is 1. The summed E-state index contributed by atoms with van der Waals surface area (Å²) >= 11 is 0. The lowest BCUT2D eigenvalue weighted by molar-refractivity contribution is -0.384. The van der Waals surface area contributed by atoms with E-state index in [0.29, 0.717) is 5.76 Å². The molecule has 7 nitrogen and oxygen atoms in total. The number of carbonyl (C=O) groups is 1. The summed E-state index contributed by atoms with van der Waals surface area (Å²) in [4.78, 5) is 22.0. The lowest BCUT2D eigenvalue weighted by Crippen LogP contribution is -2.13. The normalized spacial score (nSPS) is 10.7. The van der Waals surface area contributed by atoms with Gasteiger partial charge >= 0.3 is 0 Å². The van der Waals surface area contributed by atoms with Crippen molar-refractivity contribution >= 4 is 23.4 Å². The van der Waals surface area contributed by atoms with Crippen molar-refractivity contribution in [3.63, 3.8) is 0 Å². The van der Waals surface area contributed by atoms with Crippen LogP contribution in [0.3, 0.4) is 0 Å². The number of hydrogen-bond donors (Lipinski definition) is 1. The first kappa shape index (κ1) is 14.0. The summed E-state index contributed by atoms with van der Waals surface area (Å²) in [7, 11) is 0. The van der Waals surface area contributed by atoms with E-state index in [1.807, 2.05) is 0 Å². The third-order valence-electron chi connectivity index (χ3n) is 2.51. The molecule has 0 aliphatic rings. The van der Waals surface area contributed by atoms with E-state index in [1.54, 1.807) is 18.2 Å². The van der Waals surface area contributed by atoms with E-state index >= 15 is 0 Å². The number of nitriles is 1. The first-order valence-electron chi connectivity index (χ1n) is 5.81. The number of nitrogens with zero attached hydrogens (tertiary/aromatic N) is 2. The second-order valence-electron chi connectivity index (χ2n) is 3.95. The highest BCUT2D eigenvalue weighted by atomic mass is 16.6. The molecule has 2 rings (SSSR count). The standard InChI is InChI=1S/C14H9N3O4/c15-9-10(7-13-5-2-6-21-13)14(18)16-11-3-1-4-12(8-11)17(19)20/h1-8H,(H,16,18)/b10-7+. The van der Waals surface area contributed by atoms with Crippen LogP contribution in [0.15, 0.2) is 52.7 Å². The van der Waals surface area contributed by atoms with Crippen molar-refractivity contribution in [2.75, 3.05) is 5.32 Å². The van der Waals surface area contributed by atoms with Crippen LogP contribution in [0, 0.1) is 21.4 Å². The van der Waals surface area contributed by atoms with Gasteiger partial charge in [-0.05, 0) is 18.2 Å². The minimum absolute atomic E-state index is 0.152. The summed E-state index contributed by atoms with van der Waals surface area (Å²) in [5, 5.41) is 22.1. The Morgan fingerprint density at radius 1 is 1.38 bits per heavy atom. The number of nitro benzene ring substituents is 1. The second-order valence-corrected chi connectivity index (χ2v) is 3.95. The van der Waals surface area contributed by atoms with Crippen molar-refractivity contribution in [3.05, 3.63) is 64.1 Å². The molecule has 0 atom stereocenters. The molecule has 7 heteroatoms. The Hall–Kier alpha value is -3.40. The van der Waals surface area contributed by atoms with Crippen LogP contribution < -0.4 is 5.32 Å². The zero-order chi connectivity index (χ0) is 15.2. The van der Waals surface area contributed by atoms with Gasteiger partial charge in [0.25, 0.3) is 11.6 Å². The average molecular weight is 283 g/mol. The fraction of sp³-hybridized carbons (Fsp3) is 0. The van der Waals surface area contributed by atoms with Crippen LogP contribution in [-0.2, 0) is 4.79 Å². The number of anilines is 1. The molecule has 0 aliphatic carbocycles. The highest BCUT2D eigenvalue weighted by Gasteiger charge is 2.12. The Bertz CT molecular complexity index is 742. The van der Waals surface area contributed by atoms with E-state index in [0.717, 1.165) is 0 Å². The molecule has 0 bridgehead atoms. The molecule has 0 spiro atoms. The van der Waals surface area contributed by atoms with E-state index in [-0.39, 0.29) is 16.9 Å². The Balaban J connectivity index is 2.19. The van der Waals surface area contributed by atoms with Gasteiger partial charge in [-0.1, -0.05) is 6.07 Å². The number of carbonyl (C=O) groups excluding carboxylic acids is 1.